The number of nitriles is 1. The predicted molar refractivity (Wildman–Crippen MR) is 114 cm³/mol. The molecule has 0 bridgehead atoms. The first kappa shape index (κ1) is 20.0. The molecule has 0 aliphatic heterocycles. The second-order valence-electron chi connectivity index (χ2n) is 6.85. The summed E-state index contributed by atoms with van der Waals surface area (Å²) in [7, 11) is -1.22. The molecule has 0 radical (unpaired) electrons. The first-order valence-corrected chi connectivity index (χ1v) is 10.6. The highest BCUT2D eigenvalue weighted by atomic mass is 32.2. The molecular formula is C24H24N2OS. The third-order valence-corrected chi connectivity index (χ3v) is 6.06. The maximum absolute atomic E-state index is 12.9. The molecule has 0 fully saturated rings. The molecule has 0 saturated heterocycles. The maximum atomic E-state index is 12.9. The van der Waals surface area contributed by atoms with E-state index >= 15 is 0 Å². The molecule has 0 aromatic heterocycles. The third kappa shape index (κ3) is 5.63. The van der Waals surface area contributed by atoms with Crippen LogP contribution < -0.4 is 0 Å². The molecule has 3 aromatic rings. The summed E-state index contributed by atoms with van der Waals surface area (Å²) in [5.41, 5.74) is 3.41. The van der Waals surface area contributed by atoms with Crippen LogP contribution in [0.3, 0.4) is 0 Å². The molecule has 1 unspecified atom stereocenters. The zero-order chi connectivity index (χ0) is 19.8. The summed E-state index contributed by atoms with van der Waals surface area (Å²) in [6.07, 6.45) is 0. The van der Waals surface area contributed by atoms with Gasteiger partial charge in [-0.2, -0.15) is 5.26 Å². The van der Waals surface area contributed by atoms with E-state index in [0.29, 0.717) is 18.8 Å². The molecule has 2 atom stereocenters. The molecule has 3 aromatic carbocycles. The van der Waals surface area contributed by atoms with E-state index in [1.807, 2.05) is 67.6 Å². The van der Waals surface area contributed by atoms with Crippen molar-refractivity contribution in [3.8, 4) is 6.07 Å². The molecule has 0 aliphatic carbocycles. The summed E-state index contributed by atoms with van der Waals surface area (Å²) in [6, 6.07) is 29.9. The zero-order valence-electron chi connectivity index (χ0n) is 16.0. The van der Waals surface area contributed by atoms with Gasteiger partial charge in [-0.05, 0) is 30.2 Å². The normalized spacial score (nSPS) is 13.0. The van der Waals surface area contributed by atoms with Gasteiger partial charge in [-0.25, -0.2) is 0 Å². The highest BCUT2D eigenvalue weighted by Crippen LogP contribution is 2.17. The van der Waals surface area contributed by atoms with Gasteiger partial charge >= 0.3 is 0 Å². The summed E-state index contributed by atoms with van der Waals surface area (Å²) in [5.74, 6) is 0.291. The topological polar surface area (TPSA) is 44.1 Å². The predicted octanol–water partition coefficient (Wildman–Crippen LogP) is 4.70. The van der Waals surface area contributed by atoms with Crippen LogP contribution >= 0.6 is 0 Å². The van der Waals surface area contributed by atoms with E-state index in [1.54, 1.807) is 0 Å². The Morgan fingerprint density at radius 1 is 0.857 bits per heavy atom. The fourth-order valence-corrected chi connectivity index (χ4v) is 4.27. The lowest BCUT2D eigenvalue weighted by atomic mass is 10.1. The standard InChI is InChI=1S/C24H24N2OS/c1-20-12-14-24(15-13-20)28(27)19-23(16-25)26(17-21-8-4-2-5-9-21)18-22-10-6-3-7-11-22/h2-15,23H,17-19H2,1H3/t23-,28?/m1/s1. The van der Waals surface area contributed by atoms with E-state index < -0.39 is 16.8 Å². The summed E-state index contributed by atoms with van der Waals surface area (Å²) in [5, 5.41) is 9.87. The third-order valence-electron chi connectivity index (χ3n) is 4.64. The van der Waals surface area contributed by atoms with Gasteiger partial charge in [0.2, 0.25) is 0 Å². The molecule has 142 valence electrons. The Balaban J connectivity index is 1.80. The van der Waals surface area contributed by atoms with Gasteiger partial charge in [0.1, 0.15) is 6.04 Å². The molecule has 0 amide bonds. The monoisotopic (exact) mass is 388 g/mol. The minimum atomic E-state index is -1.22. The van der Waals surface area contributed by atoms with Crippen LogP contribution in [0.15, 0.2) is 89.8 Å². The smallest absolute Gasteiger partial charge is 0.110 e. The Labute approximate surface area is 169 Å². The van der Waals surface area contributed by atoms with E-state index in [4.69, 9.17) is 0 Å². The minimum absolute atomic E-state index is 0.291. The van der Waals surface area contributed by atoms with Gasteiger partial charge in [-0.15, -0.1) is 0 Å². The van der Waals surface area contributed by atoms with E-state index in [0.717, 1.165) is 21.6 Å². The Morgan fingerprint density at radius 3 is 1.82 bits per heavy atom. The highest BCUT2D eigenvalue weighted by Gasteiger charge is 2.22. The first-order valence-electron chi connectivity index (χ1n) is 9.32. The number of hydrogen-bond acceptors (Lipinski definition) is 3. The molecule has 4 heteroatoms. The van der Waals surface area contributed by atoms with E-state index in [2.05, 4.69) is 35.2 Å². The Morgan fingerprint density at radius 2 is 1.36 bits per heavy atom. The maximum Gasteiger partial charge on any atom is 0.110 e. The van der Waals surface area contributed by atoms with Crippen molar-refractivity contribution in [1.82, 2.24) is 4.90 Å². The number of benzene rings is 3. The van der Waals surface area contributed by atoms with Crippen molar-refractivity contribution in [2.24, 2.45) is 0 Å². The van der Waals surface area contributed by atoms with Gasteiger partial charge in [0, 0.05) is 18.0 Å². The molecule has 0 spiro atoms. The van der Waals surface area contributed by atoms with Crippen molar-refractivity contribution in [3.63, 3.8) is 0 Å². The molecule has 0 aliphatic rings. The zero-order valence-corrected chi connectivity index (χ0v) is 16.8. The van der Waals surface area contributed by atoms with Crippen molar-refractivity contribution in [2.75, 3.05) is 5.75 Å². The Hall–Kier alpha value is -2.74. The van der Waals surface area contributed by atoms with Crippen molar-refractivity contribution in [3.05, 3.63) is 102 Å². The van der Waals surface area contributed by atoms with Crippen LogP contribution in [0.4, 0.5) is 0 Å². The van der Waals surface area contributed by atoms with E-state index in [1.165, 1.54) is 0 Å². The van der Waals surface area contributed by atoms with Crippen LogP contribution in [-0.4, -0.2) is 20.9 Å². The first-order chi connectivity index (χ1) is 13.7. The van der Waals surface area contributed by atoms with Gasteiger partial charge in [0.15, 0.2) is 0 Å². The fraction of sp³-hybridized carbons (Fsp3) is 0.208. The van der Waals surface area contributed by atoms with Crippen LogP contribution in [0.2, 0.25) is 0 Å². The quantitative estimate of drug-likeness (QED) is 0.562. The Bertz CT molecular complexity index is 892. The van der Waals surface area contributed by atoms with Crippen LogP contribution in [0, 0.1) is 18.3 Å². The lowest BCUT2D eigenvalue weighted by Gasteiger charge is -2.27. The summed E-state index contributed by atoms with van der Waals surface area (Å²) in [4.78, 5) is 2.88. The molecule has 3 rings (SSSR count). The average Bonchev–Trinajstić information content (AvgIpc) is 2.73. The molecule has 0 heterocycles. The van der Waals surface area contributed by atoms with Gasteiger partial charge in [-0.3, -0.25) is 9.11 Å². The van der Waals surface area contributed by atoms with Gasteiger partial charge in [0.25, 0.3) is 0 Å². The van der Waals surface area contributed by atoms with Crippen LogP contribution in [-0.2, 0) is 23.9 Å². The van der Waals surface area contributed by atoms with Gasteiger partial charge < -0.3 is 0 Å². The molecule has 0 saturated carbocycles. The number of aryl methyl sites for hydroxylation is 1. The van der Waals surface area contributed by atoms with Crippen molar-refractivity contribution >= 4 is 10.8 Å². The summed E-state index contributed by atoms with van der Waals surface area (Å²) in [6.45, 7) is 3.28. The average molecular weight is 389 g/mol. The van der Waals surface area contributed by atoms with Crippen molar-refractivity contribution in [1.29, 1.82) is 5.26 Å². The minimum Gasteiger partial charge on any atom is -0.279 e. The van der Waals surface area contributed by atoms with Crippen molar-refractivity contribution in [2.45, 2.75) is 31.0 Å². The van der Waals surface area contributed by atoms with Gasteiger partial charge in [0.05, 0.1) is 22.6 Å². The number of hydrogen-bond donors (Lipinski definition) is 0. The number of nitrogens with zero attached hydrogens (tertiary/aromatic N) is 2. The van der Waals surface area contributed by atoms with E-state index in [-0.39, 0.29) is 0 Å². The molecule has 0 N–H and O–H groups in total. The van der Waals surface area contributed by atoms with Crippen LogP contribution in [0.1, 0.15) is 16.7 Å². The largest absolute Gasteiger partial charge is 0.279 e. The lowest BCUT2D eigenvalue weighted by Crippen LogP contribution is -2.37. The molecule has 3 nitrogen and oxygen atoms in total. The Kier molecular flexibility index (Phi) is 7.13. The van der Waals surface area contributed by atoms with Crippen LogP contribution in [0.25, 0.3) is 0 Å². The highest BCUT2D eigenvalue weighted by molar-refractivity contribution is 7.85. The van der Waals surface area contributed by atoms with Gasteiger partial charge in [-0.1, -0.05) is 78.4 Å². The molecule has 28 heavy (non-hydrogen) atoms. The second kappa shape index (κ2) is 9.98. The number of rotatable bonds is 8. The summed E-state index contributed by atoms with van der Waals surface area (Å²) >= 11 is 0. The lowest BCUT2D eigenvalue weighted by molar-refractivity contribution is 0.230. The molecular weight excluding hydrogens is 364 g/mol. The summed E-state index contributed by atoms with van der Waals surface area (Å²) < 4.78 is 12.9. The SMILES string of the molecule is Cc1ccc(S(=O)C[C@@H](C#N)N(Cc2ccccc2)Cc2ccccc2)cc1. The second-order valence-corrected chi connectivity index (χ2v) is 8.34. The van der Waals surface area contributed by atoms with Crippen LogP contribution in [0.5, 0.6) is 0 Å². The van der Waals surface area contributed by atoms with E-state index in [9.17, 15) is 9.47 Å². The van der Waals surface area contributed by atoms with Crippen molar-refractivity contribution < 1.29 is 4.21 Å². The fourth-order valence-electron chi connectivity index (χ4n) is 3.07.